The van der Waals surface area contributed by atoms with Gasteiger partial charge < -0.3 is 14.9 Å². The van der Waals surface area contributed by atoms with Gasteiger partial charge in [0.1, 0.15) is 5.76 Å². The molecule has 0 unspecified atom stereocenters. The third-order valence-electron chi connectivity index (χ3n) is 5.25. The van der Waals surface area contributed by atoms with E-state index in [0.717, 1.165) is 18.7 Å². The number of carbonyl (C=O) groups is 2. The molecule has 146 valence electrons. The largest absolute Gasteiger partial charge is 0.507 e. The van der Waals surface area contributed by atoms with Gasteiger partial charge in [-0.25, -0.2) is 0 Å². The van der Waals surface area contributed by atoms with Crippen LogP contribution in [-0.4, -0.2) is 52.8 Å². The van der Waals surface area contributed by atoms with E-state index in [1.54, 1.807) is 29.2 Å². The number of hydrogen-bond donors (Lipinski definition) is 1. The van der Waals surface area contributed by atoms with Crippen molar-refractivity contribution in [2.45, 2.75) is 19.9 Å². The molecule has 28 heavy (non-hydrogen) atoms. The van der Waals surface area contributed by atoms with Crippen LogP contribution >= 0.6 is 0 Å². The highest BCUT2D eigenvalue weighted by molar-refractivity contribution is 6.46. The Morgan fingerprint density at radius 2 is 1.54 bits per heavy atom. The van der Waals surface area contributed by atoms with Crippen LogP contribution in [0.15, 0.2) is 66.2 Å². The van der Waals surface area contributed by atoms with E-state index in [1.807, 2.05) is 36.4 Å². The minimum Gasteiger partial charge on any atom is -0.507 e. The standard InChI is InChI=1S/C23H26N2O3/c1-3-24(4-2)15-16-25-20(17-11-7-5-8-12-17)19(22(27)23(25)28)21(26)18-13-9-6-10-14-18/h5-14,20,26H,3-4,15-16H2,1-2H3/b21-19+/t20-/m1/s1. The summed E-state index contributed by atoms with van der Waals surface area (Å²) < 4.78 is 0. The van der Waals surface area contributed by atoms with Gasteiger partial charge in [-0.15, -0.1) is 0 Å². The lowest BCUT2D eigenvalue weighted by molar-refractivity contribution is -0.140. The molecular weight excluding hydrogens is 352 g/mol. The number of benzene rings is 2. The van der Waals surface area contributed by atoms with Gasteiger partial charge in [0.05, 0.1) is 11.6 Å². The van der Waals surface area contributed by atoms with Crippen molar-refractivity contribution in [2.75, 3.05) is 26.2 Å². The Balaban J connectivity index is 2.06. The molecule has 5 heteroatoms. The molecule has 1 amide bonds. The fourth-order valence-corrected chi connectivity index (χ4v) is 3.63. The van der Waals surface area contributed by atoms with Crippen LogP contribution in [-0.2, 0) is 9.59 Å². The van der Waals surface area contributed by atoms with Crippen molar-refractivity contribution < 1.29 is 14.7 Å². The van der Waals surface area contributed by atoms with Crippen molar-refractivity contribution in [1.29, 1.82) is 0 Å². The third kappa shape index (κ3) is 3.85. The van der Waals surface area contributed by atoms with Crippen molar-refractivity contribution in [1.82, 2.24) is 9.80 Å². The Hall–Kier alpha value is -2.92. The van der Waals surface area contributed by atoms with Gasteiger partial charge in [-0.3, -0.25) is 9.59 Å². The first kappa shape index (κ1) is 19.8. The molecule has 0 aliphatic carbocycles. The van der Waals surface area contributed by atoms with Gasteiger partial charge in [-0.1, -0.05) is 74.5 Å². The van der Waals surface area contributed by atoms with Crippen LogP contribution in [0.2, 0.25) is 0 Å². The van der Waals surface area contributed by atoms with Crippen LogP contribution in [0.4, 0.5) is 0 Å². The zero-order chi connectivity index (χ0) is 20.1. The number of Topliss-reactive ketones (excluding diaryl/α,β-unsaturated/α-hetero) is 1. The van der Waals surface area contributed by atoms with E-state index in [4.69, 9.17) is 0 Å². The molecule has 1 fully saturated rings. The van der Waals surface area contributed by atoms with E-state index in [0.29, 0.717) is 18.7 Å². The summed E-state index contributed by atoms with van der Waals surface area (Å²) in [5, 5.41) is 10.9. The molecule has 5 nitrogen and oxygen atoms in total. The van der Waals surface area contributed by atoms with Crippen molar-refractivity contribution in [2.24, 2.45) is 0 Å². The predicted octanol–water partition coefficient (Wildman–Crippen LogP) is 3.45. The molecule has 1 heterocycles. The molecule has 1 saturated heterocycles. The topological polar surface area (TPSA) is 60.9 Å². The van der Waals surface area contributed by atoms with Crippen LogP contribution in [0.5, 0.6) is 0 Å². The second kappa shape index (κ2) is 8.85. The predicted molar refractivity (Wildman–Crippen MR) is 110 cm³/mol. The maximum Gasteiger partial charge on any atom is 0.295 e. The first-order valence-corrected chi connectivity index (χ1v) is 9.69. The SMILES string of the molecule is CCN(CC)CCN1C(=O)C(=O)/C(=C(/O)c2ccccc2)[C@H]1c1ccccc1. The molecule has 2 aromatic rings. The van der Waals surface area contributed by atoms with E-state index in [2.05, 4.69) is 18.7 Å². The number of rotatable bonds is 7. The summed E-state index contributed by atoms with van der Waals surface area (Å²) in [7, 11) is 0. The second-order valence-electron chi connectivity index (χ2n) is 6.80. The first-order valence-electron chi connectivity index (χ1n) is 9.69. The van der Waals surface area contributed by atoms with E-state index in [9.17, 15) is 14.7 Å². The molecule has 3 rings (SSSR count). The number of likely N-dealkylation sites (tertiary alicyclic amines) is 1. The number of ketones is 1. The van der Waals surface area contributed by atoms with Gasteiger partial charge in [-0.05, 0) is 18.7 Å². The van der Waals surface area contributed by atoms with Gasteiger partial charge >= 0.3 is 0 Å². The number of aliphatic hydroxyl groups excluding tert-OH is 1. The monoisotopic (exact) mass is 378 g/mol. The highest BCUT2D eigenvalue weighted by atomic mass is 16.3. The molecule has 0 radical (unpaired) electrons. The van der Waals surface area contributed by atoms with Gasteiger partial charge in [0, 0.05) is 18.7 Å². The number of hydrogen-bond acceptors (Lipinski definition) is 4. The average molecular weight is 378 g/mol. The number of carbonyl (C=O) groups excluding carboxylic acids is 2. The minimum atomic E-state index is -0.630. The molecule has 0 aromatic heterocycles. The summed E-state index contributed by atoms with van der Waals surface area (Å²) in [5.74, 6) is -1.31. The summed E-state index contributed by atoms with van der Waals surface area (Å²) in [6.07, 6.45) is 0. The lowest BCUT2D eigenvalue weighted by Gasteiger charge is -2.28. The second-order valence-corrected chi connectivity index (χ2v) is 6.80. The fourth-order valence-electron chi connectivity index (χ4n) is 3.63. The number of amides is 1. The van der Waals surface area contributed by atoms with E-state index >= 15 is 0 Å². The summed E-state index contributed by atoms with van der Waals surface area (Å²) in [6, 6.07) is 17.7. The fraction of sp³-hybridized carbons (Fsp3) is 0.304. The van der Waals surface area contributed by atoms with E-state index in [-0.39, 0.29) is 11.3 Å². The molecule has 0 bridgehead atoms. The molecule has 1 aliphatic rings. The summed E-state index contributed by atoms with van der Waals surface area (Å²) >= 11 is 0. The lowest BCUT2D eigenvalue weighted by Crippen LogP contribution is -2.38. The Kier molecular flexibility index (Phi) is 6.26. The smallest absolute Gasteiger partial charge is 0.295 e. The normalized spacial score (nSPS) is 18.8. The zero-order valence-corrected chi connectivity index (χ0v) is 16.3. The quantitative estimate of drug-likeness (QED) is 0.455. The summed E-state index contributed by atoms with van der Waals surface area (Å²) in [6.45, 7) is 7.00. The van der Waals surface area contributed by atoms with Crippen LogP contribution in [0.1, 0.15) is 31.0 Å². The van der Waals surface area contributed by atoms with Crippen LogP contribution in [0, 0.1) is 0 Å². The first-order chi connectivity index (χ1) is 13.6. The number of nitrogens with zero attached hydrogens (tertiary/aromatic N) is 2. The van der Waals surface area contributed by atoms with Gasteiger partial charge in [-0.2, -0.15) is 0 Å². The van der Waals surface area contributed by atoms with Crippen LogP contribution in [0.3, 0.4) is 0 Å². The maximum atomic E-state index is 12.9. The minimum absolute atomic E-state index is 0.127. The lowest BCUT2D eigenvalue weighted by atomic mass is 9.95. The molecular formula is C23H26N2O3. The Morgan fingerprint density at radius 3 is 2.11 bits per heavy atom. The Labute approximate surface area is 165 Å². The highest BCUT2D eigenvalue weighted by Gasteiger charge is 2.45. The summed E-state index contributed by atoms with van der Waals surface area (Å²) in [5.41, 5.74) is 1.51. The molecule has 0 spiro atoms. The molecule has 0 saturated carbocycles. The van der Waals surface area contributed by atoms with Crippen molar-refractivity contribution in [3.05, 3.63) is 77.4 Å². The molecule has 1 aliphatic heterocycles. The molecule has 1 N–H and O–H groups in total. The average Bonchev–Trinajstić information content (AvgIpc) is 3.00. The van der Waals surface area contributed by atoms with Crippen molar-refractivity contribution in [3.63, 3.8) is 0 Å². The van der Waals surface area contributed by atoms with Gasteiger partial charge in [0.25, 0.3) is 11.7 Å². The number of likely N-dealkylation sites (N-methyl/N-ethyl adjacent to an activating group) is 1. The van der Waals surface area contributed by atoms with E-state index in [1.165, 1.54) is 0 Å². The summed E-state index contributed by atoms with van der Waals surface area (Å²) in [4.78, 5) is 29.5. The van der Waals surface area contributed by atoms with Gasteiger partial charge in [0.15, 0.2) is 0 Å². The maximum absolute atomic E-state index is 12.9. The van der Waals surface area contributed by atoms with Crippen LogP contribution < -0.4 is 0 Å². The third-order valence-corrected chi connectivity index (χ3v) is 5.25. The van der Waals surface area contributed by atoms with Gasteiger partial charge in [0.2, 0.25) is 0 Å². The van der Waals surface area contributed by atoms with Crippen molar-refractivity contribution in [3.8, 4) is 0 Å². The van der Waals surface area contributed by atoms with Crippen LogP contribution in [0.25, 0.3) is 5.76 Å². The highest BCUT2D eigenvalue weighted by Crippen LogP contribution is 2.39. The zero-order valence-electron chi connectivity index (χ0n) is 16.3. The Morgan fingerprint density at radius 1 is 0.964 bits per heavy atom. The molecule has 2 aromatic carbocycles. The van der Waals surface area contributed by atoms with Crippen molar-refractivity contribution >= 4 is 17.4 Å². The van der Waals surface area contributed by atoms with E-state index < -0.39 is 17.7 Å². The Bertz CT molecular complexity index is 858. The molecule has 1 atom stereocenters. The number of aliphatic hydroxyl groups is 1.